The van der Waals surface area contributed by atoms with E-state index in [0.29, 0.717) is 23.0 Å². The SMILES string of the molecule is CCn1[nH]cc(C(=O)c2ccc(Cl)c(-c3nnnn3C)c2Cl)c1=O. The van der Waals surface area contributed by atoms with Crippen LogP contribution in [-0.2, 0) is 13.6 Å². The maximum Gasteiger partial charge on any atom is 0.277 e. The van der Waals surface area contributed by atoms with E-state index in [0.717, 1.165) is 0 Å². The monoisotopic (exact) mass is 366 g/mol. The Morgan fingerprint density at radius 2 is 2.04 bits per heavy atom. The third-order valence-corrected chi connectivity index (χ3v) is 4.29. The van der Waals surface area contributed by atoms with Crippen LogP contribution in [0.5, 0.6) is 0 Å². The van der Waals surface area contributed by atoms with Gasteiger partial charge in [-0.1, -0.05) is 23.2 Å². The van der Waals surface area contributed by atoms with Crippen LogP contribution in [0.4, 0.5) is 0 Å². The summed E-state index contributed by atoms with van der Waals surface area (Å²) in [6, 6.07) is 3.00. The van der Waals surface area contributed by atoms with Crippen LogP contribution in [-0.4, -0.2) is 35.8 Å². The summed E-state index contributed by atoms with van der Waals surface area (Å²) in [7, 11) is 1.63. The van der Waals surface area contributed by atoms with Crippen molar-refractivity contribution in [2.75, 3.05) is 0 Å². The van der Waals surface area contributed by atoms with Gasteiger partial charge in [0.1, 0.15) is 5.56 Å². The molecular formula is C14H12Cl2N6O2. The first-order valence-corrected chi connectivity index (χ1v) is 7.75. The van der Waals surface area contributed by atoms with Crippen LogP contribution in [0.1, 0.15) is 22.8 Å². The minimum Gasteiger partial charge on any atom is -0.302 e. The minimum absolute atomic E-state index is 0.00288. The predicted molar refractivity (Wildman–Crippen MR) is 88.4 cm³/mol. The second-order valence-corrected chi connectivity index (χ2v) is 5.76. The van der Waals surface area contributed by atoms with Gasteiger partial charge in [-0.3, -0.25) is 14.3 Å². The third kappa shape index (κ3) is 2.53. The van der Waals surface area contributed by atoms with Gasteiger partial charge in [0.05, 0.1) is 15.6 Å². The molecule has 24 heavy (non-hydrogen) atoms. The number of nitrogens with zero attached hydrogens (tertiary/aromatic N) is 5. The highest BCUT2D eigenvalue weighted by molar-refractivity contribution is 6.41. The Hall–Kier alpha value is -2.45. The van der Waals surface area contributed by atoms with E-state index in [1.165, 1.54) is 27.7 Å². The molecular weight excluding hydrogens is 355 g/mol. The highest BCUT2D eigenvalue weighted by Gasteiger charge is 2.24. The molecule has 0 bridgehead atoms. The van der Waals surface area contributed by atoms with Crippen LogP contribution in [0.3, 0.4) is 0 Å². The summed E-state index contributed by atoms with van der Waals surface area (Å²) in [5.74, 6) is -0.179. The van der Waals surface area contributed by atoms with Gasteiger partial charge in [-0.05, 0) is 29.5 Å². The van der Waals surface area contributed by atoms with E-state index < -0.39 is 11.3 Å². The van der Waals surface area contributed by atoms with E-state index in [1.54, 1.807) is 14.0 Å². The first-order valence-electron chi connectivity index (χ1n) is 6.99. The van der Waals surface area contributed by atoms with Gasteiger partial charge in [-0.15, -0.1) is 5.10 Å². The number of benzene rings is 1. The van der Waals surface area contributed by atoms with E-state index in [-0.39, 0.29) is 16.1 Å². The van der Waals surface area contributed by atoms with Crippen molar-refractivity contribution in [1.29, 1.82) is 0 Å². The predicted octanol–water partition coefficient (Wildman–Crippen LogP) is 1.92. The Labute approximate surface area is 146 Å². The van der Waals surface area contributed by atoms with E-state index in [1.807, 2.05) is 0 Å². The Balaban J connectivity index is 2.16. The van der Waals surface area contributed by atoms with Crippen molar-refractivity contribution in [1.82, 2.24) is 30.0 Å². The molecule has 0 aliphatic rings. The molecule has 1 N–H and O–H groups in total. The number of carbonyl (C=O) groups is 1. The fraction of sp³-hybridized carbons (Fsp3) is 0.214. The van der Waals surface area contributed by atoms with Crippen molar-refractivity contribution in [2.24, 2.45) is 7.05 Å². The lowest BCUT2D eigenvalue weighted by molar-refractivity contribution is 0.103. The Bertz CT molecular complexity index is 988. The minimum atomic E-state index is -0.499. The number of aromatic amines is 1. The summed E-state index contributed by atoms with van der Waals surface area (Å²) in [6.45, 7) is 2.22. The maximum atomic E-state index is 12.7. The molecule has 8 nitrogen and oxygen atoms in total. The quantitative estimate of drug-likeness (QED) is 0.711. The number of nitrogens with one attached hydrogen (secondary N) is 1. The van der Waals surface area contributed by atoms with E-state index in [9.17, 15) is 9.59 Å². The normalized spacial score (nSPS) is 11.0. The lowest BCUT2D eigenvalue weighted by atomic mass is 10.0. The van der Waals surface area contributed by atoms with Crippen molar-refractivity contribution in [3.63, 3.8) is 0 Å². The number of ketones is 1. The lowest BCUT2D eigenvalue weighted by Gasteiger charge is -2.09. The molecule has 3 rings (SSSR count). The topological polar surface area (TPSA) is 98.5 Å². The van der Waals surface area contributed by atoms with Gasteiger partial charge in [0.15, 0.2) is 5.82 Å². The van der Waals surface area contributed by atoms with Gasteiger partial charge in [0.2, 0.25) is 5.78 Å². The van der Waals surface area contributed by atoms with Gasteiger partial charge in [-0.2, -0.15) is 0 Å². The molecule has 0 aliphatic carbocycles. The summed E-state index contributed by atoms with van der Waals surface area (Å²) in [5, 5.41) is 14.3. The second kappa shape index (κ2) is 6.21. The molecule has 2 aromatic heterocycles. The first kappa shape index (κ1) is 16.4. The first-order chi connectivity index (χ1) is 11.5. The summed E-state index contributed by atoms with van der Waals surface area (Å²) >= 11 is 12.6. The molecule has 124 valence electrons. The molecule has 0 unspecified atom stereocenters. The van der Waals surface area contributed by atoms with Crippen LogP contribution in [0.2, 0.25) is 10.0 Å². The molecule has 0 saturated carbocycles. The zero-order chi connectivity index (χ0) is 17.4. The van der Waals surface area contributed by atoms with Crippen LogP contribution in [0, 0.1) is 0 Å². The number of carbonyl (C=O) groups excluding carboxylic acids is 1. The van der Waals surface area contributed by atoms with Crippen molar-refractivity contribution in [3.05, 3.63) is 49.9 Å². The van der Waals surface area contributed by atoms with E-state index >= 15 is 0 Å². The van der Waals surface area contributed by atoms with Crippen LogP contribution in [0.25, 0.3) is 11.4 Å². The zero-order valence-corrected chi connectivity index (χ0v) is 14.3. The summed E-state index contributed by atoms with van der Waals surface area (Å²) < 4.78 is 2.71. The van der Waals surface area contributed by atoms with Crippen molar-refractivity contribution >= 4 is 29.0 Å². The number of aryl methyl sites for hydroxylation is 2. The molecule has 0 aliphatic heterocycles. The van der Waals surface area contributed by atoms with Crippen LogP contribution >= 0.6 is 23.2 Å². The second-order valence-electron chi connectivity index (χ2n) is 4.98. The molecule has 3 aromatic rings. The van der Waals surface area contributed by atoms with Gasteiger partial charge in [-0.25, -0.2) is 4.68 Å². The molecule has 1 aromatic carbocycles. The number of tetrazole rings is 1. The number of H-pyrrole nitrogens is 1. The van der Waals surface area contributed by atoms with Gasteiger partial charge in [0.25, 0.3) is 5.56 Å². The van der Waals surface area contributed by atoms with Crippen LogP contribution < -0.4 is 5.56 Å². The fourth-order valence-electron chi connectivity index (χ4n) is 2.32. The average molecular weight is 367 g/mol. The third-order valence-electron chi connectivity index (χ3n) is 3.58. The maximum absolute atomic E-state index is 12.7. The molecule has 2 heterocycles. The Morgan fingerprint density at radius 3 is 2.62 bits per heavy atom. The number of hydrogen-bond donors (Lipinski definition) is 1. The molecule has 0 spiro atoms. The molecule has 0 fully saturated rings. The molecule has 0 saturated heterocycles. The Kier molecular flexibility index (Phi) is 4.25. The highest BCUT2D eigenvalue weighted by atomic mass is 35.5. The molecule has 0 amide bonds. The molecule has 10 heteroatoms. The van der Waals surface area contributed by atoms with Gasteiger partial charge < -0.3 is 5.10 Å². The van der Waals surface area contributed by atoms with Crippen LogP contribution in [0.15, 0.2) is 23.1 Å². The van der Waals surface area contributed by atoms with Gasteiger partial charge in [0, 0.05) is 25.4 Å². The largest absolute Gasteiger partial charge is 0.302 e. The number of hydrogen-bond acceptors (Lipinski definition) is 5. The van der Waals surface area contributed by atoms with Crippen molar-refractivity contribution < 1.29 is 4.79 Å². The standard InChI is InChI=1S/C14H12Cl2N6O2/c1-3-22-14(24)8(6-17-22)12(23)7-4-5-9(15)10(11(7)16)13-18-19-20-21(13)2/h4-6,17H,3H2,1-2H3. The number of halogens is 2. The van der Waals surface area contributed by atoms with E-state index in [2.05, 4.69) is 20.6 Å². The molecule has 0 radical (unpaired) electrons. The van der Waals surface area contributed by atoms with Crippen molar-refractivity contribution in [3.8, 4) is 11.4 Å². The van der Waals surface area contributed by atoms with Gasteiger partial charge >= 0.3 is 0 Å². The summed E-state index contributed by atoms with van der Waals surface area (Å²) in [6.07, 6.45) is 1.36. The highest BCUT2D eigenvalue weighted by Crippen LogP contribution is 2.36. The number of rotatable bonds is 4. The summed E-state index contributed by atoms with van der Waals surface area (Å²) in [5.41, 5.74) is 0.0833. The summed E-state index contributed by atoms with van der Waals surface area (Å²) in [4.78, 5) is 24.9. The van der Waals surface area contributed by atoms with Crippen molar-refractivity contribution in [2.45, 2.75) is 13.5 Å². The number of aromatic nitrogens is 6. The average Bonchev–Trinajstić information content (AvgIpc) is 3.13. The fourth-order valence-corrected chi connectivity index (χ4v) is 2.95. The zero-order valence-electron chi connectivity index (χ0n) is 12.7. The molecule has 0 atom stereocenters. The lowest BCUT2D eigenvalue weighted by Crippen LogP contribution is -2.21. The Morgan fingerprint density at radius 1 is 1.29 bits per heavy atom. The van der Waals surface area contributed by atoms with E-state index in [4.69, 9.17) is 23.2 Å². The smallest absolute Gasteiger partial charge is 0.277 e.